The summed E-state index contributed by atoms with van der Waals surface area (Å²) in [5.41, 5.74) is 0.302. The lowest BCUT2D eigenvalue weighted by molar-refractivity contribution is -0.119. The van der Waals surface area contributed by atoms with Crippen LogP contribution in [-0.4, -0.2) is 31.7 Å². The molecule has 144 valence electrons. The zero-order valence-corrected chi connectivity index (χ0v) is 15.6. The maximum atomic E-state index is 13.2. The van der Waals surface area contributed by atoms with Gasteiger partial charge in [0.05, 0.1) is 29.5 Å². The Morgan fingerprint density at radius 3 is 2.44 bits per heavy atom. The van der Waals surface area contributed by atoms with Crippen LogP contribution in [0.1, 0.15) is 24.2 Å². The van der Waals surface area contributed by atoms with E-state index in [1.54, 1.807) is 6.07 Å². The average Bonchev–Trinajstić information content (AvgIpc) is 2.64. The number of hydrogen-bond acceptors (Lipinski definition) is 5. The Morgan fingerprint density at radius 1 is 1.04 bits per heavy atom. The molecular formula is C19H19ClFNO5. The van der Waals surface area contributed by atoms with Crippen LogP contribution in [0, 0.1) is 5.82 Å². The second-order valence-corrected chi connectivity index (χ2v) is 5.68. The van der Waals surface area contributed by atoms with Crippen molar-refractivity contribution in [2.24, 2.45) is 0 Å². The number of carbonyl (C=O) groups excluding carboxylic acids is 2. The second-order valence-electron chi connectivity index (χ2n) is 5.28. The summed E-state index contributed by atoms with van der Waals surface area (Å²) < 4.78 is 29.1. The van der Waals surface area contributed by atoms with Gasteiger partial charge in [-0.1, -0.05) is 11.6 Å². The maximum absolute atomic E-state index is 13.2. The Hall–Kier alpha value is -2.80. The fraction of sp³-hybridized carbons (Fsp3) is 0.263. The molecular weight excluding hydrogens is 377 g/mol. The summed E-state index contributed by atoms with van der Waals surface area (Å²) in [6, 6.07) is 8.14. The predicted molar refractivity (Wildman–Crippen MR) is 99.1 cm³/mol. The van der Waals surface area contributed by atoms with Crippen LogP contribution in [0.4, 0.5) is 10.1 Å². The molecule has 0 heterocycles. The van der Waals surface area contributed by atoms with E-state index >= 15 is 0 Å². The van der Waals surface area contributed by atoms with Crippen molar-refractivity contribution in [2.45, 2.75) is 13.8 Å². The first-order valence-corrected chi connectivity index (χ1v) is 8.64. The summed E-state index contributed by atoms with van der Waals surface area (Å²) >= 11 is 5.87. The molecule has 0 aliphatic rings. The highest BCUT2D eigenvalue weighted by Crippen LogP contribution is 2.29. The second kappa shape index (κ2) is 9.78. The Balaban J connectivity index is 1.99. The minimum Gasteiger partial charge on any atom is -0.490 e. The molecule has 0 radical (unpaired) electrons. The molecule has 0 saturated heterocycles. The number of carbonyl (C=O) groups is 2. The summed E-state index contributed by atoms with van der Waals surface area (Å²) in [5, 5.41) is 2.55. The lowest BCUT2D eigenvalue weighted by Crippen LogP contribution is -2.21. The predicted octanol–water partition coefficient (Wildman–Crippen LogP) is 4.07. The van der Waals surface area contributed by atoms with Crippen LogP contribution in [0.2, 0.25) is 5.02 Å². The molecule has 0 aliphatic heterocycles. The fourth-order valence-corrected chi connectivity index (χ4v) is 2.34. The van der Waals surface area contributed by atoms with Crippen LogP contribution in [0.5, 0.6) is 11.5 Å². The van der Waals surface area contributed by atoms with Gasteiger partial charge in [0.15, 0.2) is 18.1 Å². The van der Waals surface area contributed by atoms with E-state index in [9.17, 15) is 14.0 Å². The highest BCUT2D eigenvalue weighted by atomic mass is 35.5. The van der Waals surface area contributed by atoms with Crippen molar-refractivity contribution in [2.75, 3.05) is 25.1 Å². The van der Waals surface area contributed by atoms with Crippen LogP contribution in [0.15, 0.2) is 36.4 Å². The number of amides is 1. The summed E-state index contributed by atoms with van der Waals surface area (Å²) in [5.74, 6) is -0.991. The van der Waals surface area contributed by atoms with Gasteiger partial charge in [0, 0.05) is 0 Å². The number of benzene rings is 2. The Labute approximate surface area is 161 Å². The van der Waals surface area contributed by atoms with Crippen LogP contribution >= 0.6 is 11.6 Å². The van der Waals surface area contributed by atoms with Gasteiger partial charge < -0.3 is 19.5 Å². The third-order valence-corrected chi connectivity index (χ3v) is 3.65. The van der Waals surface area contributed by atoms with Crippen molar-refractivity contribution in [1.82, 2.24) is 0 Å². The molecule has 2 aromatic carbocycles. The van der Waals surface area contributed by atoms with Gasteiger partial charge >= 0.3 is 5.97 Å². The number of ether oxygens (including phenoxy) is 3. The van der Waals surface area contributed by atoms with Gasteiger partial charge in [-0.05, 0) is 50.2 Å². The molecule has 0 fully saturated rings. The Kier molecular flexibility index (Phi) is 7.43. The molecule has 27 heavy (non-hydrogen) atoms. The molecule has 1 amide bonds. The molecule has 8 heteroatoms. The van der Waals surface area contributed by atoms with E-state index in [0.29, 0.717) is 24.7 Å². The van der Waals surface area contributed by atoms with E-state index in [-0.39, 0.29) is 16.3 Å². The SMILES string of the molecule is CCOc1ccc(C(=O)OCC(=O)Nc2cc(F)ccc2Cl)cc1OCC. The fourth-order valence-electron chi connectivity index (χ4n) is 2.17. The zero-order valence-electron chi connectivity index (χ0n) is 14.9. The van der Waals surface area contributed by atoms with E-state index in [1.165, 1.54) is 24.3 Å². The minimum atomic E-state index is -0.709. The van der Waals surface area contributed by atoms with Gasteiger partial charge in [-0.2, -0.15) is 0 Å². The molecule has 0 unspecified atom stereocenters. The summed E-state index contributed by atoms with van der Waals surface area (Å²) in [6.45, 7) is 3.94. The average molecular weight is 396 g/mol. The van der Waals surface area contributed by atoms with E-state index in [4.69, 9.17) is 25.8 Å². The minimum absolute atomic E-state index is 0.0948. The van der Waals surface area contributed by atoms with Crippen molar-refractivity contribution < 1.29 is 28.2 Å². The van der Waals surface area contributed by atoms with Gasteiger partial charge in [-0.3, -0.25) is 4.79 Å². The standard InChI is InChI=1S/C19H19ClFNO5/c1-3-25-16-8-5-12(9-17(16)26-4-2)19(24)27-11-18(23)22-15-10-13(21)6-7-14(15)20/h5-10H,3-4,11H2,1-2H3,(H,22,23). The quantitative estimate of drug-likeness (QED) is 0.682. The smallest absolute Gasteiger partial charge is 0.338 e. The highest BCUT2D eigenvalue weighted by molar-refractivity contribution is 6.33. The number of nitrogens with one attached hydrogen (secondary N) is 1. The van der Waals surface area contributed by atoms with Crippen LogP contribution in [-0.2, 0) is 9.53 Å². The van der Waals surface area contributed by atoms with Crippen LogP contribution in [0.25, 0.3) is 0 Å². The van der Waals surface area contributed by atoms with Crippen molar-refractivity contribution in [3.05, 3.63) is 52.8 Å². The summed E-state index contributed by atoms with van der Waals surface area (Å²) in [7, 11) is 0. The molecule has 0 atom stereocenters. The normalized spacial score (nSPS) is 10.2. The topological polar surface area (TPSA) is 73.9 Å². The molecule has 0 bridgehead atoms. The highest BCUT2D eigenvalue weighted by Gasteiger charge is 2.15. The third-order valence-electron chi connectivity index (χ3n) is 3.32. The Bertz CT molecular complexity index is 828. The molecule has 0 aromatic heterocycles. The van der Waals surface area contributed by atoms with Gasteiger partial charge in [0.2, 0.25) is 0 Å². The van der Waals surface area contributed by atoms with Crippen LogP contribution < -0.4 is 14.8 Å². The lowest BCUT2D eigenvalue weighted by Gasteiger charge is -2.12. The molecule has 0 saturated carbocycles. The number of rotatable bonds is 8. The molecule has 1 N–H and O–H groups in total. The van der Waals surface area contributed by atoms with E-state index in [0.717, 1.165) is 6.07 Å². The first-order valence-electron chi connectivity index (χ1n) is 8.26. The number of anilines is 1. The van der Waals surface area contributed by atoms with E-state index in [2.05, 4.69) is 5.32 Å². The lowest BCUT2D eigenvalue weighted by atomic mass is 10.2. The monoisotopic (exact) mass is 395 g/mol. The van der Waals surface area contributed by atoms with Crippen molar-refractivity contribution >= 4 is 29.2 Å². The largest absolute Gasteiger partial charge is 0.490 e. The third kappa shape index (κ3) is 5.86. The van der Waals surface area contributed by atoms with Crippen LogP contribution in [0.3, 0.4) is 0 Å². The first kappa shape index (κ1) is 20.5. The Morgan fingerprint density at radius 2 is 1.74 bits per heavy atom. The zero-order chi connectivity index (χ0) is 19.8. The van der Waals surface area contributed by atoms with Crippen molar-refractivity contribution in [3.63, 3.8) is 0 Å². The molecule has 0 spiro atoms. The van der Waals surface area contributed by atoms with Gasteiger partial charge in [0.25, 0.3) is 5.91 Å². The van der Waals surface area contributed by atoms with Crippen molar-refractivity contribution in [3.8, 4) is 11.5 Å². The number of halogens is 2. The van der Waals surface area contributed by atoms with Crippen molar-refractivity contribution in [1.29, 1.82) is 0 Å². The van der Waals surface area contributed by atoms with Gasteiger partial charge in [0.1, 0.15) is 5.82 Å². The van der Waals surface area contributed by atoms with E-state index in [1.807, 2.05) is 13.8 Å². The molecule has 0 aliphatic carbocycles. The van der Waals surface area contributed by atoms with Gasteiger partial charge in [-0.15, -0.1) is 0 Å². The number of esters is 1. The summed E-state index contributed by atoms with van der Waals surface area (Å²) in [6.07, 6.45) is 0. The molecule has 2 aromatic rings. The summed E-state index contributed by atoms with van der Waals surface area (Å²) in [4.78, 5) is 24.1. The van der Waals surface area contributed by atoms with E-state index < -0.39 is 24.3 Å². The maximum Gasteiger partial charge on any atom is 0.338 e. The molecule has 2 rings (SSSR count). The number of hydrogen-bond donors (Lipinski definition) is 1. The van der Waals surface area contributed by atoms with Gasteiger partial charge in [-0.25, -0.2) is 9.18 Å². The first-order chi connectivity index (χ1) is 12.9. The molecule has 6 nitrogen and oxygen atoms in total.